The molecule has 6 nitrogen and oxygen atoms in total. The van der Waals surface area contributed by atoms with Gasteiger partial charge in [-0.15, -0.1) is 16.4 Å². The van der Waals surface area contributed by atoms with Crippen LogP contribution in [0.3, 0.4) is 0 Å². The minimum absolute atomic E-state index is 0.789. The van der Waals surface area contributed by atoms with Crippen LogP contribution in [0.15, 0.2) is 29.4 Å². The number of rotatable bonds is 5. The first-order valence-corrected chi connectivity index (χ1v) is 7.10. The molecule has 7 heteroatoms. The van der Waals surface area contributed by atoms with Crippen molar-refractivity contribution < 1.29 is 0 Å². The van der Waals surface area contributed by atoms with E-state index in [0.29, 0.717) is 0 Å². The van der Waals surface area contributed by atoms with Crippen molar-refractivity contribution in [1.82, 2.24) is 29.8 Å². The summed E-state index contributed by atoms with van der Waals surface area (Å²) in [5.74, 6) is 0. The van der Waals surface area contributed by atoms with Crippen LogP contribution in [0.2, 0.25) is 0 Å². The summed E-state index contributed by atoms with van der Waals surface area (Å²) < 4.78 is 3.76. The Morgan fingerprint density at radius 3 is 3.11 bits per heavy atom. The van der Waals surface area contributed by atoms with Gasteiger partial charge in [0.2, 0.25) is 0 Å². The lowest BCUT2D eigenvalue weighted by atomic mass is 10.3. The van der Waals surface area contributed by atoms with E-state index < -0.39 is 0 Å². The Bertz CT molecular complexity index is 639. The predicted molar refractivity (Wildman–Crippen MR) is 72.7 cm³/mol. The second-order valence-electron chi connectivity index (χ2n) is 4.13. The molecule has 0 unspecified atom stereocenters. The van der Waals surface area contributed by atoms with E-state index in [2.05, 4.69) is 32.7 Å². The molecule has 0 fully saturated rings. The van der Waals surface area contributed by atoms with Gasteiger partial charge in [0.05, 0.1) is 23.1 Å². The number of aryl methyl sites for hydroxylation is 3. The number of aromatic nitrogens is 6. The van der Waals surface area contributed by atoms with Gasteiger partial charge in [-0.3, -0.25) is 9.36 Å². The highest BCUT2D eigenvalue weighted by atomic mass is 32.1. The lowest BCUT2D eigenvalue weighted by Gasteiger charge is -1.99. The van der Waals surface area contributed by atoms with Crippen LogP contribution in [-0.4, -0.2) is 29.8 Å². The molecule has 0 saturated carbocycles. The fourth-order valence-corrected chi connectivity index (χ4v) is 2.51. The van der Waals surface area contributed by atoms with Gasteiger partial charge in [-0.05, 0) is 13.0 Å². The van der Waals surface area contributed by atoms with Crippen molar-refractivity contribution in [2.45, 2.75) is 26.4 Å². The third kappa shape index (κ3) is 2.55. The molecular formula is C12H14N6S. The molecule has 0 atom stereocenters. The van der Waals surface area contributed by atoms with E-state index in [1.54, 1.807) is 17.5 Å². The average molecular weight is 274 g/mol. The van der Waals surface area contributed by atoms with Gasteiger partial charge < -0.3 is 0 Å². The molecular weight excluding hydrogens is 260 g/mol. The summed E-state index contributed by atoms with van der Waals surface area (Å²) in [6.07, 6.45) is 4.61. The fourth-order valence-electron chi connectivity index (χ4n) is 1.92. The van der Waals surface area contributed by atoms with Crippen LogP contribution in [0.4, 0.5) is 0 Å². The van der Waals surface area contributed by atoms with Gasteiger partial charge in [-0.2, -0.15) is 5.10 Å². The Labute approximate surface area is 114 Å². The highest BCUT2D eigenvalue weighted by Crippen LogP contribution is 2.15. The Balaban J connectivity index is 1.72. The Morgan fingerprint density at radius 1 is 1.37 bits per heavy atom. The number of thiazole rings is 1. The molecule has 0 aromatic carbocycles. The van der Waals surface area contributed by atoms with Crippen LogP contribution in [0.5, 0.6) is 0 Å². The van der Waals surface area contributed by atoms with Crippen LogP contribution in [0.25, 0.3) is 11.4 Å². The molecule has 0 amide bonds. The summed E-state index contributed by atoms with van der Waals surface area (Å²) in [4.78, 5) is 4.26. The summed E-state index contributed by atoms with van der Waals surface area (Å²) in [6, 6.07) is 1.96. The van der Waals surface area contributed by atoms with Gasteiger partial charge in [-0.25, -0.2) is 4.98 Å². The zero-order chi connectivity index (χ0) is 13.1. The van der Waals surface area contributed by atoms with E-state index in [4.69, 9.17) is 0 Å². The number of hydrogen-bond donors (Lipinski definition) is 0. The maximum Gasteiger partial charge on any atom is 0.131 e. The van der Waals surface area contributed by atoms with Gasteiger partial charge in [-0.1, -0.05) is 5.21 Å². The highest BCUT2D eigenvalue weighted by molar-refractivity contribution is 7.07. The first-order chi connectivity index (χ1) is 9.36. The largest absolute Gasteiger partial charge is 0.263 e. The van der Waals surface area contributed by atoms with Crippen LogP contribution >= 0.6 is 11.3 Å². The van der Waals surface area contributed by atoms with E-state index in [9.17, 15) is 0 Å². The minimum atomic E-state index is 0.789. The van der Waals surface area contributed by atoms with E-state index in [1.807, 2.05) is 27.1 Å². The van der Waals surface area contributed by atoms with E-state index in [0.717, 1.165) is 36.6 Å². The predicted octanol–water partition coefficient (Wildman–Crippen LogP) is 1.86. The van der Waals surface area contributed by atoms with Crippen molar-refractivity contribution in [1.29, 1.82) is 0 Å². The minimum Gasteiger partial charge on any atom is -0.263 e. The van der Waals surface area contributed by atoms with Crippen LogP contribution in [0.1, 0.15) is 12.6 Å². The van der Waals surface area contributed by atoms with Crippen molar-refractivity contribution in [2.24, 2.45) is 0 Å². The van der Waals surface area contributed by atoms with Crippen LogP contribution < -0.4 is 0 Å². The maximum atomic E-state index is 4.26. The van der Waals surface area contributed by atoms with Gasteiger partial charge in [0.15, 0.2) is 0 Å². The quantitative estimate of drug-likeness (QED) is 0.712. The first-order valence-electron chi connectivity index (χ1n) is 6.16. The number of hydrogen-bond acceptors (Lipinski definition) is 5. The molecule has 0 aliphatic heterocycles. The number of nitrogens with zero attached hydrogens (tertiary/aromatic N) is 6. The molecule has 3 heterocycles. The topological polar surface area (TPSA) is 61.4 Å². The third-order valence-corrected chi connectivity index (χ3v) is 3.53. The normalized spacial score (nSPS) is 11.0. The van der Waals surface area contributed by atoms with E-state index in [-0.39, 0.29) is 0 Å². The SMILES string of the molecule is CCn1nccc1-c1cn(CCc2cscn2)nn1. The first kappa shape index (κ1) is 12.0. The average Bonchev–Trinajstić information content (AvgIpc) is 3.16. The van der Waals surface area contributed by atoms with Crippen molar-refractivity contribution >= 4 is 11.3 Å². The molecule has 3 aromatic rings. The monoisotopic (exact) mass is 274 g/mol. The highest BCUT2D eigenvalue weighted by Gasteiger charge is 2.08. The fraction of sp³-hybridized carbons (Fsp3) is 0.333. The Morgan fingerprint density at radius 2 is 2.32 bits per heavy atom. The lowest BCUT2D eigenvalue weighted by Crippen LogP contribution is -2.02. The van der Waals surface area contributed by atoms with Gasteiger partial charge in [0.25, 0.3) is 0 Å². The zero-order valence-corrected chi connectivity index (χ0v) is 11.4. The van der Waals surface area contributed by atoms with Crippen molar-refractivity contribution in [3.8, 4) is 11.4 Å². The smallest absolute Gasteiger partial charge is 0.131 e. The summed E-state index contributed by atoms with van der Waals surface area (Å²) in [5, 5.41) is 14.6. The molecule has 0 saturated heterocycles. The molecule has 0 spiro atoms. The van der Waals surface area contributed by atoms with Gasteiger partial charge in [0, 0.05) is 31.1 Å². The second kappa shape index (κ2) is 5.31. The van der Waals surface area contributed by atoms with Crippen LogP contribution in [-0.2, 0) is 19.5 Å². The molecule has 19 heavy (non-hydrogen) atoms. The van der Waals surface area contributed by atoms with E-state index >= 15 is 0 Å². The second-order valence-corrected chi connectivity index (χ2v) is 4.85. The molecule has 3 aromatic heterocycles. The summed E-state index contributed by atoms with van der Waals surface area (Å²) in [5.41, 5.74) is 4.81. The molecule has 0 bridgehead atoms. The molecule has 0 radical (unpaired) electrons. The molecule has 0 N–H and O–H groups in total. The third-order valence-electron chi connectivity index (χ3n) is 2.90. The maximum absolute atomic E-state index is 4.26. The standard InChI is InChI=1S/C12H14N6S/c1-2-18-12(3-5-14-18)11-7-17(16-15-11)6-4-10-8-19-9-13-10/h3,5,7-9H,2,4,6H2,1H3. The molecule has 3 rings (SSSR count). The summed E-state index contributed by atoms with van der Waals surface area (Å²) in [6.45, 7) is 3.67. The van der Waals surface area contributed by atoms with Gasteiger partial charge in [0.1, 0.15) is 5.69 Å². The Kier molecular flexibility index (Phi) is 3.37. The zero-order valence-electron chi connectivity index (χ0n) is 10.6. The van der Waals surface area contributed by atoms with Crippen molar-refractivity contribution in [3.05, 3.63) is 35.0 Å². The Hall–Kier alpha value is -2.02. The van der Waals surface area contributed by atoms with Crippen molar-refractivity contribution in [2.75, 3.05) is 0 Å². The van der Waals surface area contributed by atoms with Crippen LogP contribution in [0, 0.1) is 0 Å². The lowest BCUT2D eigenvalue weighted by molar-refractivity contribution is 0.585. The molecule has 98 valence electrons. The molecule has 0 aliphatic carbocycles. The summed E-state index contributed by atoms with van der Waals surface area (Å²) >= 11 is 1.61. The molecule has 0 aliphatic rings. The van der Waals surface area contributed by atoms with E-state index in [1.165, 1.54) is 0 Å². The van der Waals surface area contributed by atoms with Crippen molar-refractivity contribution in [3.63, 3.8) is 0 Å². The summed E-state index contributed by atoms with van der Waals surface area (Å²) in [7, 11) is 0. The van der Waals surface area contributed by atoms with Gasteiger partial charge >= 0.3 is 0 Å².